The molecular weight excluding hydrogens is 449 g/mol. The summed E-state index contributed by atoms with van der Waals surface area (Å²) in [6.07, 6.45) is -0.677. The van der Waals surface area contributed by atoms with Gasteiger partial charge in [-0.05, 0) is 44.4 Å². The second-order valence-corrected chi connectivity index (χ2v) is 8.08. The first-order chi connectivity index (χ1) is 13.8. The Hall–Kier alpha value is -2.42. The van der Waals surface area contributed by atoms with E-state index in [0.717, 1.165) is 29.8 Å². The highest BCUT2D eigenvalue weighted by Gasteiger charge is 2.36. The molecule has 3 aromatic rings. The van der Waals surface area contributed by atoms with Gasteiger partial charge in [-0.1, -0.05) is 28.1 Å². The van der Waals surface area contributed by atoms with Crippen LogP contribution in [0, 0.1) is 0 Å². The predicted molar refractivity (Wildman–Crippen MR) is 105 cm³/mol. The van der Waals surface area contributed by atoms with Gasteiger partial charge in [-0.3, -0.25) is 4.79 Å². The lowest BCUT2D eigenvalue weighted by Crippen LogP contribution is -2.42. The Bertz CT molecular complexity index is 1060. The molecule has 0 bridgehead atoms. The topological polar surface area (TPSA) is 50.5 Å². The summed E-state index contributed by atoms with van der Waals surface area (Å²) in [6.45, 7) is 2.53. The van der Waals surface area contributed by atoms with E-state index < -0.39 is 11.9 Å². The largest absolute Gasteiger partial charge is 0.433 e. The smallest absolute Gasteiger partial charge is 0.336 e. The van der Waals surface area contributed by atoms with Gasteiger partial charge in [0.25, 0.3) is 5.91 Å². The van der Waals surface area contributed by atoms with Crippen LogP contribution in [0.5, 0.6) is 0 Å². The van der Waals surface area contributed by atoms with Crippen molar-refractivity contribution in [3.63, 3.8) is 0 Å². The molecule has 0 radical (unpaired) electrons. The zero-order chi connectivity index (χ0) is 20.8. The standard InChI is InChI=1S/C20H18BrF3N4O/c1-12-4-2-3-9-27(12)19(29)15-11-25-28-17(20(22,23)24)10-16(26-18(15)28)13-5-7-14(21)8-6-13/h5-8,10-12H,2-4,9H2,1H3/t12-/m1/s1. The van der Waals surface area contributed by atoms with Crippen LogP contribution >= 0.6 is 15.9 Å². The first-order valence-corrected chi connectivity index (χ1v) is 10.1. The molecule has 0 N–H and O–H groups in total. The van der Waals surface area contributed by atoms with Crippen molar-refractivity contribution in [2.45, 2.75) is 38.4 Å². The maximum absolute atomic E-state index is 13.7. The molecule has 0 saturated carbocycles. The second-order valence-electron chi connectivity index (χ2n) is 7.17. The predicted octanol–water partition coefficient (Wildman–Crippen LogP) is 5.19. The monoisotopic (exact) mass is 466 g/mol. The van der Waals surface area contributed by atoms with Crippen molar-refractivity contribution in [1.82, 2.24) is 19.5 Å². The van der Waals surface area contributed by atoms with Crippen molar-refractivity contribution in [2.24, 2.45) is 0 Å². The summed E-state index contributed by atoms with van der Waals surface area (Å²) < 4.78 is 42.7. The van der Waals surface area contributed by atoms with Crippen LogP contribution < -0.4 is 0 Å². The van der Waals surface area contributed by atoms with Crippen LogP contribution in [0.2, 0.25) is 0 Å². The molecule has 2 aromatic heterocycles. The van der Waals surface area contributed by atoms with E-state index in [1.54, 1.807) is 29.2 Å². The van der Waals surface area contributed by atoms with Crippen LogP contribution in [0.15, 0.2) is 41.0 Å². The Morgan fingerprint density at radius 1 is 1.21 bits per heavy atom. The number of benzene rings is 1. The van der Waals surface area contributed by atoms with Gasteiger partial charge in [0.05, 0.1) is 11.9 Å². The lowest BCUT2D eigenvalue weighted by atomic mass is 10.0. The summed E-state index contributed by atoms with van der Waals surface area (Å²) in [5, 5.41) is 3.85. The molecule has 1 amide bonds. The number of piperidine rings is 1. The average Bonchev–Trinajstić information content (AvgIpc) is 3.11. The highest BCUT2D eigenvalue weighted by atomic mass is 79.9. The van der Waals surface area contributed by atoms with Gasteiger partial charge < -0.3 is 4.90 Å². The molecule has 0 aliphatic carbocycles. The van der Waals surface area contributed by atoms with E-state index in [-0.39, 0.29) is 28.9 Å². The Morgan fingerprint density at radius 2 is 1.93 bits per heavy atom. The number of halogens is 4. The number of hydrogen-bond acceptors (Lipinski definition) is 3. The Morgan fingerprint density at radius 3 is 2.59 bits per heavy atom. The number of carbonyl (C=O) groups is 1. The molecule has 9 heteroatoms. The first kappa shape index (κ1) is 19.9. The summed E-state index contributed by atoms with van der Waals surface area (Å²) in [4.78, 5) is 19.2. The summed E-state index contributed by atoms with van der Waals surface area (Å²) in [5.41, 5.74) is -0.305. The molecule has 4 rings (SSSR count). The molecular formula is C20H18BrF3N4O. The van der Waals surface area contributed by atoms with E-state index >= 15 is 0 Å². The maximum Gasteiger partial charge on any atom is 0.433 e. The molecule has 29 heavy (non-hydrogen) atoms. The molecule has 0 spiro atoms. The van der Waals surface area contributed by atoms with Gasteiger partial charge in [0.15, 0.2) is 11.3 Å². The van der Waals surface area contributed by atoms with Crippen molar-refractivity contribution in [2.75, 3.05) is 6.54 Å². The summed E-state index contributed by atoms with van der Waals surface area (Å²) in [7, 11) is 0. The third-order valence-corrected chi connectivity index (χ3v) is 5.73. The number of alkyl halides is 3. The minimum absolute atomic E-state index is 0.0305. The van der Waals surface area contributed by atoms with E-state index in [9.17, 15) is 18.0 Å². The molecule has 1 saturated heterocycles. The van der Waals surface area contributed by atoms with Crippen LogP contribution in [0.1, 0.15) is 42.2 Å². The Labute approximate surface area is 173 Å². The zero-order valence-electron chi connectivity index (χ0n) is 15.6. The lowest BCUT2D eigenvalue weighted by molar-refractivity contribution is -0.142. The van der Waals surface area contributed by atoms with Crippen molar-refractivity contribution in [3.8, 4) is 11.3 Å². The molecule has 1 aliphatic heterocycles. The normalized spacial score (nSPS) is 17.7. The van der Waals surface area contributed by atoms with Gasteiger partial charge in [-0.2, -0.15) is 18.3 Å². The molecule has 152 valence electrons. The van der Waals surface area contributed by atoms with Gasteiger partial charge in [-0.25, -0.2) is 9.50 Å². The lowest BCUT2D eigenvalue weighted by Gasteiger charge is -2.33. The van der Waals surface area contributed by atoms with Gasteiger partial charge in [0, 0.05) is 22.6 Å². The second kappa shape index (κ2) is 7.44. The fourth-order valence-electron chi connectivity index (χ4n) is 3.64. The van der Waals surface area contributed by atoms with Gasteiger partial charge in [0.1, 0.15) is 5.56 Å². The molecule has 1 atom stereocenters. The number of amides is 1. The highest BCUT2D eigenvalue weighted by molar-refractivity contribution is 9.10. The van der Waals surface area contributed by atoms with Gasteiger partial charge in [0.2, 0.25) is 0 Å². The average molecular weight is 467 g/mol. The van der Waals surface area contributed by atoms with E-state index in [4.69, 9.17) is 0 Å². The minimum Gasteiger partial charge on any atom is -0.336 e. The van der Waals surface area contributed by atoms with Crippen LogP contribution in [0.4, 0.5) is 13.2 Å². The number of fused-ring (bicyclic) bond motifs is 1. The zero-order valence-corrected chi connectivity index (χ0v) is 17.2. The third kappa shape index (κ3) is 3.75. The van der Waals surface area contributed by atoms with Gasteiger partial charge in [-0.15, -0.1) is 0 Å². The molecule has 0 unspecified atom stereocenters. The van der Waals surface area contributed by atoms with E-state index in [1.807, 2.05) is 6.92 Å². The SMILES string of the molecule is C[C@@H]1CCCCN1C(=O)c1cnn2c(C(F)(F)F)cc(-c3ccc(Br)cc3)nc12. The van der Waals surface area contributed by atoms with Gasteiger partial charge >= 0.3 is 6.18 Å². The summed E-state index contributed by atoms with van der Waals surface area (Å²) in [5.74, 6) is -0.333. The third-order valence-electron chi connectivity index (χ3n) is 5.20. The van der Waals surface area contributed by atoms with Crippen molar-refractivity contribution in [1.29, 1.82) is 0 Å². The highest BCUT2D eigenvalue weighted by Crippen LogP contribution is 2.33. The van der Waals surface area contributed by atoms with E-state index in [0.29, 0.717) is 16.6 Å². The quantitative estimate of drug-likeness (QED) is 0.521. The fraction of sp³-hybridized carbons (Fsp3) is 0.350. The number of likely N-dealkylation sites (tertiary alicyclic amines) is 1. The molecule has 5 nitrogen and oxygen atoms in total. The number of nitrogens with zero attached hydrogens (tertiary/aromatic N) is 4. The summed E-state index contributed by atoms with van der Waals surface area (Å²) >= 11 is 3.31. The molecule has 1 fully saturated rings. The van der Waals surface area contributed by atoms with E-state index in [1.165, 1.54) is 6.20 Å². The maximum atomic E-state index is 13.7. The first-order valence-electron chi connectivity index (χ1n) is 9.28. The van der Waals surface area contributed by atoms with Crippen molar-refractivity contribution >= 4 is 27.5 Å². The van der Waals surface area contributed by atoms with Crippen molar-refractivity contribution in [3.05, 3.63) is 52.3 Å². The van der Waals surface area contributed by atoms with Crippen LogP contribution in [-0.4, -0.2) is 38.0 Å². The number of hydrogen-bond donors (Lipinski definition) is 0. The fourth-order valence-corrected chi connectivity index (χ4v) is 3.90. The molecule has 3 heterocycles. The number of aromatic nitrogens is 3. The Balaban J connectivity index is 1.88. The Kier molecular flexibility index (Phi) is 5.10. The van der Waals surface area contributed by atoms with E-state index in [2.05, 4.69) is 26.0 Å². The van der Waals surface area contributed by atoms with Crippen LogP contribution in [0.25, 0.3) is 16.9 Å². The van der Waals surface area contributed by atoms with Crippen molar-refractivity contribution < 1.29 is 18.0 Å². The molecule has 1 aromatic carbocycles. The number of rotatable bonds is 2. The minimum atomic E-state index is -4.64. The summed E-state index contributed by atoms with van der Waals surface area (Å²) in [6, 6.07) is 7.80. The van der Waals surface area contributed by atoms with Crippen LogP contribution in [0.3, 0.4) is 0 Å². The van der Waals surface area contributed by atoms with Crippen LogP contribution in [-0.2, 0) is 6.18 Å². The molecule has 1 aliphatic rings. The number of carbonyl (C=O) groups excluding carboxylic acids is 1.